The number of nitrogens with one attached hydrogen (secondary N) is 2. The van der Waals surface area contributed by atoms with Crippen molar-refractivity contribution in [1.29, 1.82) is 0 Å². The Morgan fingerprint density at radius 2 is 1.71 bits per heavy atom. The third kappa shape index (κ3) is 9.67. The minimum Gasteiger partial charge on any atom is -0.494 e. The molecule has 0 radical (unpaired) electrons. The fraction of sp³-hybridized carbons (Fsp3) is 0.500. The highest BCUT2D eigenvalue weighted by Gasteiger charge is 2.32. The van der Waals surface area contributed by atoms with E-state index in [1.807, 2.05) is 13.8 Å². The molecule has 14 heteroatoms. The van der Waals surface area contributed by atoms with Gasteiger partial charge in [0.15, 0.2) is 11.5 Å². The number of ether oxygens (including phenoxy) is 4. The lowest BCUT2D eigenvalue weighted by Crippen LogP contribution is -2.50. The standard InChI is InChI=1S/C28H39N3O10S/c1-19(2)16-31(42(36,37)22-10-11-25-26(15-22)41-18-40-25)17-24(32)23(30-27(33)34)14-20-6-8-21(9-7-20)38-12-4-5-13-39-28(35)29-3/h6-11,15,19,23-24,30,32H,4-5,12-14,16-18H2,1-3H3,(H,29,35)(H,33,34)/t23-,24-/m0/s1. The van der Waals surface area contributed by atoms with E-state index in [1.54, 1.807) is 24.3 Å². The third-order valence-corrected chi connectivity index (χ3v) is 8.17. The molecule has 0 bridgehead atoms. The van der Waals surface area contributed by atoms with Crippen LogP contribution in [0.3, 0.4) is 0 Å². The Morgan fingerprint density at radius 1 is 1.02 bits per heavy atom. The molecule has 232 valence electrons. The number of aliphatic hydroxyl groups excluding tert-OH is 1. The molecule has 0 unspecified atom stereocenters. The van der Waals surface area contributed by atoms with Crippen molar-refractivity contribution >= 4 is 22.2 Å². The second-order valence-corrected chi connectivity index (χ2v) is 12.1. The number of fused-ring (bicyclic) bond motifs is 1. The fourth-order valence-corrected chi connectivity index (χ4v) is 5.89. The van der Waals surface area contributed by atoms with Gasteiger partial charge in [-0.25, -0.2) is 18.0 Å². The predicted molar refractivity (Wildman–Crippen MR) is 152 cm³/mol. The van der Waals surface area contributed by atoms with Gasteiger partial charge in [0.25, 0.3) is 0 Å². The summed E-state index contributed by atoms with van der Waals surface area (Å²) in [7, 11) is -2.56. The largest absolute Gasteiger partial charge is 0.494 e. The van der Waals surface area contributed by atoms with Crippen LogP contribution in [-0.2, 0) is 21.2 Å². The molecule has 0 fully saturated rings. The fourth-order valence-electron chi connectivity index (χ4n) is 4.25. The van der Waals surface area contributed by atoms with E-state index in [2.05, 4.69) is 10.6 Å². The zero-order valence-electron chi connectivity index (χ0n) is 23.9. The first kappa shape index (κ1) is 32.8. The quantitative estimate of drug-likeness (QED) is 0.207. The van der Waals surface area contributed by atoms with Gasteiger partial charge in [-0.05, 0) is 55.0 Å². The Morgan fingerprint density at radius 3 is 2.38 bits per heavy atom. The van der Waals surface area contributed by atoms with Crippen molar-refractivity contribution in [2.75, 3.05) is 40.1 Å². The van der Waals surface area contributed by atoms with E-state index in [0.29, 0.717) is 42.3 Å². The van der Waals surface area contributed by atoms with Crippen LogP contribution in [0.15, 0.2) is 47.4 Å². The Kier molecular flexibility index (Phi) is 12.1. The van der Waals surface area contributed by atoms with Gasteiger partial charge in [0.2, 0.25) is 16.8 Å². The average molecular weight is 610 g/mol. The number of nitrogens with zero attached hydrogens (tertiary/aromatic N) is 1. The van der Waals surface area contributed by atoms with E-state index in [4.69, 9.17) is 18.9 Å². The predicted octanol–water partition coefficient (Wildman–Crippen LogP) is 2.82. The molecule has 0 aromatic heterocycles. The third-order valence-electron chi connectivity index (χ3n) is 6.34. The summed E-state index contributed by atoms with van der Waals surface area (Å²) in [6, 6.07) is 10.3. The van der Waals surface area contributed by atoms with Crippen LogP contribution in [0.25, 0.3) is 0 Å². The van der Waals surface area contributed by atoms with Gasteiger partial charge in [0, 0.05) is 26.2 Å². The number of benzene rings is 2. The summed E-state index contributed by atoms with van der Waals surface area (Å²) >= 11 is 0. The van der Waals surface area contributed by atoms with Crippen LogP contribution in [-0.4, -0.2) is 87.4 Å². The van der Waals surface area contributed by atoms with Crippen LogP contribution >= 0.6 is 0 Å². The smallest absolute Gasteiger partial charge is 0.406 e. The second-order valence-electron chi connectivity index (χ2n) is 10.1. The summed E-state index contributed by atoms with van der Waals surface area (Å²) in [6.45, 7) is 4.19. The Balaban J connectivity index is 1.64. The summed E-state index contributed by atoms with van der Waals surface area (Å²) in [4.78, 5) is 22.6. The summed E-state index contributed by atoms with van der Waals surface area (Å²) in [5, 5.41) is 25.3. The zero-order valence-corrected chi connectivity index (χ0v) is 24.8. The molecule has 2 amide bonds. The number of rotatable bonds is 16. The number of carbonyl (C=O) groups is 2. The SMILES string of the molecule is CNC(=O)OCCCCOc1ccc(C[C@H](NC(=O)O)[C@@H](O)CN(CC(C)C)S(=O)(=O)c2ccc3c(c2)OCO3)cc1. The molecule has 13 nitrogen and oxygen atoms in total. The van der Waals surface area contributed by atoms with Crippen molar-refractivity contribution in [3.8, 4) is 17.2 Å². The van der Waals surface area contributed by atoms with E-state index in [0.717, 1.165) is 4.31 Å². The highest BCUT2D eigenvalue weighted by atomic mass is 32.2. The van der Waals surface area contributed by atoms with Crippen LogP contribution in [0.2, 0.25) is 0 Å². The van der Waals surface area contributed by atoms with E-state index in [1.165, 1.54) is 25.2 Å². The highest BCUT2D eigenvalue weighted by Crippen LogP contribution is 2.35. The molecule has 1 aliphatic heterocycles. The lowest BCUT2D eigenvalue weighted by atomic mass is 10.0. The van der Waals surface area contributed by atoms with Crippen molar-refractivity contribution in [2.24, 2.45) is 5.92 Å². The Bertz CT molecular complexity index is 1290. The number of carboxylic acid groups (broad SMARTS) is 1. The summed E-state index contributed by atoms with van der Waals surface area (Å²) < 4.78 is 49.5. The molecule has 0 spiro atoms. The molecule has 1 heterocycles. The van der Waals surface area contributed by atoms with E-state index >= 15 is 0 Å². The number of unbranched alkanes of at least 4 members (excludes halogenated alkanes) is 1. The first-order valence-corrected chi connectivity index (χ1v) is 15.1. The van der Waals surface area contributed by atoms with Crippen LogP contribution in [0.1, 0.15) is 32.3 Å². The van der Waals surface area contributed by atoms with Crippen molar-refractivity contribution in [3.63, 3.8) is 0 Å². The zero-order chi connectivity index (χ0) is 30.7. The maximum absolute atomic E-state index is 13.6. The highest BCUT2D eigenvalue weighted by molar-refractivity contribution is 7.89. The minimum absolute atomic E-state index is 0.00127. The number of hydrogen-bond acceptors (Lipinski definition) is 9. The van der Waals surface area contributed by atoms with E-state index in [9.17, 15) is 28.2 Å². The van der Waals surface area contributed by atoms with Gasteiger partial charge in [-0.15, -0.1) is 0 Å². The molecule has 0 saturated carbocycles. The second kappa shape index (κ2) is 15.5. The molecule has 1 aliphatic rings. The van der Waals surface area contributed by atoms with Crippen LogP contribution in [0, 0.1) is 5.92 Å². The molecule has 42 heavy (non-hydrogen) atoms. The molecule has 3 rings (SSSR count). The number of carbonyl (C=O) groups excluding carboxylic acids is 1. The number of sulfonamides is 1. The Hall–Kier alpha value is -3.75. The van der Waals surface area contributed by atoms with Gasteiger partial charge >= 0.3 is 12.2 Å². The topological polar surface area (TPSA) is 173 Å². The summed E-state index contributed by atoms with van der Waals surface area (Å²) in [6.07, 6.45) is -1.73. The van der Waals surface area contributed by atoms with Crippen molar-refractivity contribution in [1.82, 2.24) is 14.9 Å². The van der Waals surface area contributed by atoms with Gasteiger partial charge in [0.05, 0.1) is 30.3 Å². The Labute approximate surface area is 245 Å². The monoisotopic (exact) mass is 609 g/mol. The van der Waals surface area contributed by atoms with Crippen LogP contribution < -0.4 is 24.8 Å². The number of hydrogen-bond donors (Lipinski definition) is 4. The molecule has 4 N–H and O–H groups in total. The summed E-state index contributed by atoms with van der Waals surface area (Å²) in [5.74, 6) is 1.29. The molecular formula is C28H39N3O10S. The normalized spacial score (nSPS) is 14.0. The maximum atomic E-state index is 13.6. The van der Waals surface area contributed by atoms with Crippen LogP contribution in [0.5, 0.6) is 17.2 Å². The van der Waals surface area contributed by atoms with Gasteiger partial charge in [-0.1, -0.05) is 26.0 Å². The summed E-state index contributed by atoms with van der Waals surface area (Å²) in [5.41, 5.74) is 0.716. The molecule has 0 saturated heterocycles. The van der Waals surface area contributed by atoms with Gasteiger partial charge in [-0.2, -0.15) is 4.31 Å². The first-order chi connectivity index (χ1) is 20.0. The van der Waals surface area contributed by atoms with Crippen molar-refractivity contribution in [3.05, 3.63) is 48.0 Å². The van der Waals surface area contributed by atoms with Crippen LogP contribution in [0.4, 0.5) is 9.59 Å². The number of amides is 2. The first-order valence-electron chi connectivity index (χ1n) is 13.6. The van der Waals surface area contributed by atoms with E-state index in [-0.39, 0.29) is 43.7 Å². The van der Waals surface area contributed by atoms with Gasteiger partial charge in [-0.3, -0.25) is 0 Å². The van der Waals surface area contributed by atoms with Gasteiger partial charge < -0.3 is 39.8 Å². The number of alkyl carbamates (subject to hydrolysis) is 1. The minimum atomic E-state index is -4.06. The number of aliphatic hydroxyl groups is 1. The lowest BCUT2D eigenvalue weighted by molar-refractivity contribution is 0.0980. The van der Waals surface area contributed by atoms with E-state index < -0.39 is 34.4 Å². The van der Waals surface area contributed by atoms with Gasteiger partial charge in [0.1, 0.15) is 5.75 Å². The molecule has 2 atom stereocenters. The maximum Gasteiger partial charge on any atom is 0.406 e. The lowest BCUT2D eigenvalue weighted by Gasteiger charge is -2.30. The molecule has 2 aromatic rings. The van der Waals surface area contributed by atoms with Crippen molar-refractivity contribution in [2.45, 2.75) is 50.2 Å². The average Bonchev–Trinajstić information content (AvgIpc) is 3.42. The molecule has 2 aromatic carbocycles. The molecular weight excluding hydrogens is 570 g/mol. The molecule has 0 aliphatic carbocycles. The van der Waals surface area contributed by atoms with Crippen molar-refractivity contribution < 1.29 is 47.2 Å².